The molecule has 0 unspecified atom stereocenters. The lowest BCUT2D eigenvalue weighted by molar-refractivity contribution is 0.199. The van der Waals surface area contributed by atoms with E-state index in [9.17, 15) is 0 Å². The number of methoxy groups -OCH3 is 1. The number of nitrogens with zero attached hydrogens (tertiary/aromatic N) is 1. The molecule has 19 heavy (non-hydrogen) atoms. The Labute approximate surface area is 114 Å². The Morgan fingerprint density at radius 2 is 2.11 bits per heavy atom. The van der Waals surface area contributed by atoms with Crippen LogP contribution in [-0.4, -0.2) is 31.8 Å². The molecule has 1 heterocycles. The first-order valence-corrected chi connectivity index (χ1v) is 6.61. The van der Waals surface area contributed by atoms with E-state index >= 15 is 0 Å². The highest BCUT2D eigenvalue weighted by atomic mass is 16.5. The van der Waals surface area contributed by atoms with Gasteiger partial charge in [0.2, 0.25) is 0 Å². The minimum absolute atomic E-state index is 0.761. The van der Waals surface area contributed by atoms with Crippen molar-refractivity contribution < 1.29 is 4.74 Å². The molecule has 0 fully saturated rings. The SMILES string of the molecule is COCCNCCC=Cc1cncc2ccccc12. The summed E-state index contributed by atoms with van der Waals surface area (Å²) in [7, 11) is 1.72. The second-order valence-electron chi connectivity index (χ2n) is 4.38. The molecular weight excluding hydrogens is 236 g/mol. The third-order valence-corrected chi connectivity index (χ3v) is 2.97. The molecule has 1 aromatic carbocycles. The molecule has 3 nitrogen and oxygen atoms in total. The van der Waals surface area contributed by atoms with Crippen LogP contribution in [0.15, 0.2) is 42.7 Å². The van der Waals surface area contributed by atoms with Crippen molar-refractivity contribution in [2.24, 2.45) is 0 Å². The molecule has 0 aliphatic carbocycles. The maximum Gasteiger partial charge on any atom is 0.0587 e. The van der Waals surface area contributed by atoms with Gasteiger partial charge in [0.05, 0.1) is 6.61 Å². The molecule has 0 atom stereocenters. The van der Waals surface area contributed by atoms with Crippen molar-refractivity contribution in [2.75, 3.05) is 26.8 Å². The zero-order chi connectivity index (χ0) is 13.3. The van der Waals surface area contributed by atoms with Gasteiger partial charge in [-0.25, -0.2) is 0 Å². The molecule has 3 heteroatoms. The molecule has 0 spiro atoms. The van der Waals surface area contributed by atoms with Crippen molar-refractivity contribution >= 4 is 16.8 Å². The van der Waals surface area contributed by atoms with E-state index in [2.05, 4.69) is 40.7 Å². The first-order valence-electron chi connectivity index (χ1n) is 6.61. The second-order valence-corrected chi connectivity index (χ2v) is 4.38. The molecular formula is C16H20N2O. The van der Waals surface area contributed by atoms with Crippen LogP contribution in [0, 0.1) is 0 Å². The van der Waals surface area contributed by atoms with Crippen LogP contribution < -0.4 is 5.32 Å². The highest BCUT2D eigenvalue weighted by molar-refractivity contribution is 5.89. The van der Waals surface area contributed by atoms with E-state index in [0.717, 1.165) is 26.1 Å². The number of aromatic nitrogens is 1. The fourth-order valence-corrected chi connectivity index (χ4v) is 1.97. The zero-order valence-corrected chi connectivity index (χ0v) is 11.3. The molecule has 0 aliphatic heterocycles. The normalized spacial score (nSPS) is 11.4. The van der Waals surface area contributed by atoms with Gasteiger partial charge in [-0.15, -0.1) is 0 Å². The highest BCUT2D eigenvalue weighted by Gasteiger charge is 1.96. The number of pyridine rings is 1. The van der Waals surface area contributed by atoms with E-state index in [1.54, 1.807) is 7.11 Å². The second kappa shape index (κ2) is 7.67. The average Bonchev–Trinajstić information content (AvgIpc) is 2.46. The maximum absolute atomic E-state index is 4.98. The van der Waals surface area contributed by atoms with E-state index in [1.807, 2.05) is 18.5 Å². The van der Waals surface area contributed by atoms with Gasteiger partial charge >= 0.3 is 0 Å². The predicted octanol–water partition coefficient (Wildman–Crippen LogP) is 2.87. The van der Waals surface area contributed by atoms with Gasteiger partial charge in [0, 0.05) is 37.0 Å². The molecule has 0 radical (unpaired) electrons. The molecule has 100 valence electrons. The Bertz CT molecular complexity index is 532. The predicted molar refractivity (Wildman–Crippen MR) is 80.1 cm³/mol. The van der Waals surface area contributed by atoms with Crippen molar-refractivity contribution in [3.8, 4) is 0 Å². The number of ether oxygens (including phenoxy) is 1. The summed E-state index contributed by atoms with van der Waals surface area (Å²) < 4.78 is 4.98. The van der Waals surface area contributed by atoms with Crippen LogP contribution in [0.1, 0.15) is 12.0 Å². The third kappa shape index (κ3) is 4.16. The van der Waals surface area contributed by atoms with Crippen LogP contribution in [0.4, 0.5) is 0 Å². The molecule has 0 aliphatic rings. The van der Waals surface area contributed by atoms with Crippen molar-refractivity contribution in [3.05, 3.63) is 48.3 Å². The van der Waals surface area contributed by atoms with Gasteiger partial charge in [0.15, 0.2) is 0 Å². The van der Waals surface area contributed by atoms with Crippen molar-refractivity contribution in [3.63, 3.8) is 0 Å². The molecule has 1 N–H and O–H groups in total. The monoisotopic (exact) mass is 256 g/mol. The Balaban J connectivity index is 1.90. The first-order chi connectivity index (χ1) is 9.42. The van der Waals surface area contributed by atoms with Gasteiger partial charge in [0.25, 0.3) is 0 Å². The first kappa shape index (κ1) is 13.7. The number of fused-ring (bicyclic) bond motifs is 1. The van der Waals surface area contributed by atoms with Crippen molar-refractivity contribution in [1.29, 1.82) is 0 Å². The quantitative estimate of drug-likeness (QED) is 0.773. The number of rotatable bonds is 7. The van der Waals surface area contributed by atoms with E-state index in [4.69, 9.17) is 4.74 Å². The summed E-state index contributed by atoms with van der Waals surface area (Å²) in [6.07, 6.45) is 9.15. The van der Waals surface area contributed by atoms with Crippen molar-refractivity contribution in [1.82, 2.24) is 10.3 Å². The maximum atomic E-state index is 4.98. The largest absolute Gasteiger partial charge is 0.383 e. The standard InChI is InChI=1S/C16H20N2O/c1-19-11-10-17-9-5-4-7-15-13-18-12-14-6-2-3-8-16(14)15/h2-4,6-8,12-13,17H,5,9-11H2,1H3. The third-order valence-electron chi connectivity index (χ3n) is 2.97. The van der Waals surface area contributed by atoms with Crippen LogP contribution in [0.2, 0.25) is 0 Å². The summed E-state index contributed by atoms with van der Waals surface area (Å²) in [5.41, 5.74) is 1.18. The molecule has 0 amide bonds. The van der Waals surface area contributed by atoms with Gasteiger partial charge in [-0.2, -0.15) is 0 Å². The molecule has 1 aromatic heterocycles. The smallest absolute Gasteiger partial charge is 0.0587 e. The Kier molecular flexibility index (Phi) is 5.53. The average molecular weight is 256 g/mol. The molecule has 0 bridgehead atoms. The number of hydrogen-bond acceptors (Lipinski definition) is 3. The van der Waals surface area contributed by atoms with Gasteiger partial charge < -0.3 is 10.1 Å². The zero-order valence-electron chi connectivity index (χ0n) is 11.3. The summed E-state index contributed by atoms with van der Waals surface area (Å²) in [4.78, 5) is 4.27. The van der Waals surface area contributed by atoms with Crippen molar-refractivity contribution in [2.45, 2.75) is 6.42 Å². The van der Waals surface area contributed by atoms with Gasteiger partial charge in [-0.05, 0) is 18.4 Å². The summed E-state index contributed by atoms with van der Waals surface area (Å²) in [5.74, 6) is 0. The van der Waals surface area contributed by atoms with E-state index in [1.165, 1.54) is 16.3 Å². The minimum atomic E-state index is 0.761. The van der Waals surface area contributed by atoms with E-state index in [0.29, 0.717) is 0 Å². The highest BCUT2D eigenvalue weighted by Crippen LogP contribution is 2.18. The van der Waals surface area contributed by atoms with Crippen LogP contribution in [-0.2, 0) is 4.74 Å². The Morgan fingerprint density at radius 1 is 1.21 bits per heavy atom. The number of benzene rings is 1. The number of hydrogen-bond donors (Lipinski definition) is 1. The molecule has 0 saturated carbocycles. The van der Waals surface area contributed by atoms with Crippen LogP contribution in [0.5, 0.6) is 0 Å². The molecule has 2 aromatic rings. The van der Waals surface area contributed by atoms with Crippen LogP contribution in [0.3, 0.4) is 0 Å². The Morgan fingerprint density at radius 3 is 3.00 bits per heavy atom. The topological polar surface area (TPSA) is 34.1 Å². The van der Waals surface area contributed by atoms with E-state index < -0.39 is 0 Å². The van der Waals surface area contributed by atoms with Crippen LogP contribution in [0.25, 0.3) is 16.8 Å². The summed E-state index contributed by atoms with van der Waals surface area (Å²) in [6, 6.07) is 8.32. The van der Waals surface area contributed by atoms with E-state index in [-0.39, 0.29) is 0 Å². The lowest BCUT2D eigenvalue weighted by Gasteiger charge is -2.02. The fraction of sp³-hybridized carbons (Fsp3) is 0.312. The number of nitrogens with one attached hydrogen (secondary N) is 1. The van der Waals surface area contributed by atoms with Gasteiger partial charge in [0.1, 0.15) is 0 Å². The molecule has 0 saturated heterocycles. The minimum Gasteiger partial charge on any atom is -0.383 e. The van der Waals surface area contributed by atoms with Gasteiger partial charge in [-0.3, -0.25) is 4.98 Å². The summed E-state index contributed by atoms with van der Waals surface area (Å²) in [6.45, 7) is 2.63. The lowest BCUT2D eigenvalue weighted by atomic mass is 10.1. The van der Waals surface area contributed by atoms with Gasteiger partial charge in [-0.1, -0.05) is 36.4 Å². The van der Waals surface area contributed by atoms with Crippen LogP contribution >= 0.6 is 0 Å². The summed E-state index contributed by atoms with van der Waals surface area (Å²) in [5, 5.41) is 5.75. The summed E-state index contributed by atoms with van der Waals surface area (Å²) >= 11 is 0. The molecule has 2 rings (SSSR count). The Hall–Kier alpha value is -1.71. The lowest BCUT2D eigenvalue weighted by Crippen LogP contribution is -2.19. The fourth-order valence-electron chi connectivity index (χ4n) is 1.97.